The van der Waals surface area contributed by atoms with Crippen molar-refractivity contribution < 1.29 is 9.53 Å². The molecule has 5 saturated carbocycles. The van der Waals surface area contributed by atoms with Crippen molar-refractivity contribution in [1.29, 1.82) is 0 Å². The Kier molecular flexibility index (Phi) is 5.20. The molecule has 0 aromatic rings. The van der Waals surface area contributed by atoms with Gasteiger partial charge in [0.25, 0.3) is 0 Å². The van der Waals surface area contributed by atoms with Crippen LogP contribution < -0.4 is 0 Å². The highest BCUT2D eigenvalue weighted by Gasteiger charge is 2.81. The molecule has 4 heteroatoms. The van der Waals surface area contributed by atoms with E-state index in [0.717, 1.165) is 43.1 Å². The molecule has 0 aromatic carbocycles. The van der Waals surface area contributed by atoms with Crippen LogP contribution in [-0.4, -0.2) is 67.1 Å². The standard InChI is InChI=1S/C32H50N2O2/c1-20-15-26-28(34(18-20)14-13-33(5)6)21(2)32(36-26)12-11-31-19-30(32,4)27(31)17-25-24(31)8-7-22-16-23(35)9-10-29(22,25)3/h16,20-21,24-28H,7-15,17-19H2,1-6H3/t20-,21+,24+,25-,26+,27?,28-,29-,30?,31?,32+/m0/s1. The van der Waals surface area contributed by atoms with Crippen molar-refractivity contribution in [3.05, 3.63) is 11.6 Å². The van der Waals surface area contributed by atoms with E-state index < -0.39 is 0 Å². The van der Waals surface area contributed by atoms with Crippen molar-refractivity contribution in [2.24, 2.45) is 45.8 Å². The first kappa shape index (κ1) is 24.3. The van der Waals surface area contributed by atoms with Gasteiger partial charge in [-0.2, -0.15) is 0 Å². The number of carbonyl (C=O) groups is 1. The maximum atomic E-state index is 12.3. The molecule has 7 fully saturated rings. The van der Waals surface area contributed by atoms with Gasteiger partial charge in [-0.3, -0.25) is 9.69 Å². The first-order valence-electron chi connectivity index (χ1n) is 15.3. The maximum absolute atomic E-state index is 12.3. The van der Waals surface area contributed by atoms with E-state index in [1.165, 1.54) is 63.6 Å². The quantitative estimate of drug-likeness (QED) is 0.514. The molecular weight excluding hydrogens is 444 g/mol. The SMILES string of the molecule is C[C@H]1C[C@H]2O[C@]3(CCC45CC3(C)C4C[C@H]3[C@H]5CCC4=CC(=O)CC[C@@]43C)[C@H](C)[C@@H]2N(CCN(C)C)C1. The summed E-state index contributed by atoms with van der Waals surface area (Å²) in [7, 11) is 4.42. The average molecular weight is 495 g/mol. The molecule has 0 amide bonds. The Morgan fingerprint density at radius 2 is 1.89 bits per heavy atom. The summed E-state index contributed by atoms with van der Waals surface area (Å²) in [5.41, 5.74) is 2.73. The van der Waals surface area contributed by atoms with E-state index in [2.05, 4.69) is 57.7 Å². The summed E-state index contributed by atoms with van der Waals surface area (Å²) in [5.74, 6) is 4.19. The topological polar surface area (TPSA) is 32.8 Å². The van der Waals surface area contributed by atoms with Crippen molar-refractivity contribution in [1.82, 2.24) is 9.80 Å². The summed E-state index contributed by atoms with van der Waals surface area (Å²) in [4.78, 5) is 17.5. The number of fused-ring (bicyclic) bond motifs is 5. The van der Waals surface area contributed by atoms with E-state index in [-0.39, 0.29) is 11.0 Å². The first-order chi connectivity index (χ1) is 17.0. The summed E-state index contributed by atoms with van der Waals surface area (Å²) >= 11 is 0. The molecule has 4 nitrogen and oxygen atoms in total. The normalized spacial score (nSPS) is 55.6. The summed E-state index contributed by atoms with van der Waals surface area (Å²) in [5, 5.41) is 0. The van der Waals surface area contributed by atoms with E-state index in [4.69, 9.17) is 4.74 Å². The fourth-order valence-corrected chi connectivity index (χ4v) is 12.3. The zero-order chi connectivity index (χ0) is 25.3. The van der Waals surface area contributed by atoms with Gasteiger partial charge in [-0.05, 0) is 106 Å². The summed E-state index contributed by atoms with van der Waals surface area (Å²) < 4.78 is 7.46. The van der Waals surface area contributed by atoms with E-state index in [1.54, 1.807) is 0 Å². The van der Waals surface area contributed by atoms with Crippen LogP contribution in [0.15, 0.2) is 11.6 Å². The van der Waals surface area contributed by atoms with Gasteiger partial charge in [-0.1, -0.05) is 33.3 Å². The Balaban J connectivity index is 1.20. The first-order valence-corrected chi connectivity index (χ1v) is 15.3. The lowest BCUT2D eigenvalue weighted by Crippen LogP contribution is -2.71. The molecule has 200 valence electrons. The van der Waals surface area contributed by atoms with E-state index >= 15 is 0 Å². The number of carbonyl (C=O) groups excluding carboxylic acids is 1. The second-order valence-electron chi connectivity index (χ2n) is 15.4. The third-order valence-electron chi connectivity index (χ3n) is 13.7. The van der Waals surface area contributed by atoms with E-state index in [1.807, 2.05) is 0 Å². The van der Waals surface area contributed by atoms with Crippen LogP contribution in [0.5, 0.6) is 0 Å². The van der Waals surface area contributed by atoms with Crippen LogP contribution in [0.3, 0.4) is 0 Å². The molecule has 2 aliphatic heterocycles. The Bertz CT molecular complexity index is 991. The number of ketones is 1. The highest BCUT2D eigenvalue weighted by Crippen LogP contribution is 2.84. The molecule has 11 atom stereocenters. The number of allylic oxidation sites excluding steroid dienone is 2. The zero-order valence-electron chi connectivity index (χ0n) is 23.8. The summed E-state index contributed by atoms with van der Waals surface area (Å²) in [6.45, 7) is 13.8. The molecule has 2 spiro atoms. The maximum Gasteiger partial charge on any atom is 0.155 e. The second kappa shape index (κ2) is 7.69. The van der Waals surface area contributed by atoms with Crippen LogP contribution in [0.1, 0.15) is 85.5 Å². The number of likely N-dealkylation sites (N-methyl/N-ethyl adjacent to an activating group) is 1. The largest absolute Gasteiger partial charge is 0.369 e. The van der Waals surface area contributed by atoms with Crippen LogP contribution in [0, 0.1) is 45.8 Å². The van der Waals surface area contributed by atoms with E-state index in [0.29, 0.717) is 34.7 Å². The highest BCUT2D eigenvalue weighted by molar-refractivity contribution is 5.91. The van der Waals surface area contributed by atoms with E-state index in [9.17, 15) is 4.79 Å². The number of piperidine rings is 1. The van der Waals surface area contributed by atoms with Gasteiger partial charge in [0.05, 0.1) is 11.7 Å². The van der Waals surface area contributed by atoms with Gasteiger partial charge >= 0.3 is 0 Å². The van der Waals surface area contributed by atoms with Gasteiger partial charge < -0.3 is 9.64 Å². The lowest BCUT2D eigenvalue weighted by atomic mass is 9.33. The molecule has 36 heavy (non-hydrogen) atoms. The highest BCUT2D eigenvalue weighted by atomic mass is 16.5. The van der Waals surface area contributed by atoms with Gasteiger partial charge in [0.1, 0.15) is 0 Å². The number of hydrogen-bond acceptors (Lipinski definition) is 4. The van der Waals surface area contributed by atoms with Crippen LogP contribution in [-0.2, 0) is 9.53 Å². The second-order valence-corrected chi connectivity index (χ2v) is 15.4. The average Bonchev–Trinajstić information content (AvgIpc) is 3.26. The minimum Gasteiger partial charge on any atom is -0.369 e. The molecule has 0 radical (unpaired) electrons. The van der Waals surface area contributed by atoms with Crippen LogP contribution in [0.2, 0.25) is 0 Å². The molecule has 0 N–H and O–H groups in total. The van der Waals surface area contributed by atoms with Crippen molar-refractivity contribution in [3.63, 3.8) is 0 Å². The number of likely N-dealkylation sites (tertiary alicyclic amines) is 1. The summed E-state index contributed by atoms with van der Waals surface area (Å²) in [6, 6.07) is 0.589. The van der Waals surface area contributed by atoms with Crippen LogP contribution in [0.25, 0.3) is 0 Å². The van der Waals surface area contributed by atoms with Crippen molar-refractivity contribution >= 4 is 5.78 Å². The van der Waals surface area contributed by atoms with Crippen molar-refractivity contribution in [3.8, 4) is 0 Å². The van der Waals surface area contributed by atoms with Crippen LogP contribution in [0.4, 0.5) is 0 Å². The molecule has 8 rings (SSSR count). The van der Waals surface area contributed by atoms with Crippen molar-refractivity contribution in [2.45, 2.75) is 103 Å². The Morgan fingerprint density at radius 1 is 1.08 bits per heavy atom. The Morgan fingerprint density at radius 3 is 2.67 bits per heavy atom. The molecule has 2 saturated heterocycles. The summed E-state index contributed by atoms with van der Waals surface area (Å²) in [6.07, 6.45) is 13.6. The predicted molar refractivity (Wildman–Crippen MR) is 144 cm³/mol. The minimum atomic E-state index is 0.0603. The number of hydrogen-bond donors (Lipinski definition) is 0. The van der Waals surface area contributed by atoms with Gasteiger partial charge in [-0.25, -0.2) is 0 Å². The molecule has 2 heterocycles. The molecule has 8 aliphatic rings. The predicted octanol–water partition coefficient (Wildman–Crippen LogP) is 5.56. The van der Waals surface area contributed by atoms with Gasteiger partial charge in [0.15, 0.2) is 5.78 Å². The zero-order valence-corrected chi connectivity index (χ0v) is 23.8. The minimum absolute atomic E-state index is 0.0603. The lowest BCUT2D eigenvalue weighted by molar-refractivity contribution is -0.294. The monoisotopic (exact) mass is 494 g/mol. The third-order valence-corrected chi connectivity index (χ3v) is 13.7. The third kappa shape index (κ3) is 2.85. The molecule has 0 aromatic heterocycles. The van der Waals surface area contributed by atoms with Gasteiger partial charge in [0.2, 0.25) is 0 Å². The Labute approximate surface area is 219 Å². The number of nitrogens with zero attached hydrogens (tertiary/aromatic N) is 2. The fraction of sp³-hybridized carbons (Fsp3) is 0.906. The smallest absolute Gasteiger partial charge is 0.155 e. The van der Waals surface area contributed by atoms with Gasteiger partial charge in [0, 0.05) is 43.4 Å². The number of rotatable bonds is 3. The molecule has 3 unspecified atom stereocenters. The molecular formula is C32H50N2O2. The fourth-order valence-electron chi connectivity index (χ4n) is 12.3. The lowest BCUT2D eigenvalue weighted by Gasteiger charge is -2.73. The van der Waals surface area contributed by atoms with Crippen molar-refractivity contribution in [2.75, 3.05) is 33.7 Å². The molecule has 2 bridgehead atoms. The molecule has 6 aliphatic carbocycles. The van der Waals surface area contributed by atoms with Crippen LogP contribution >= 0.6 is 0 Å². The Hall–Kier alpha value is -0.710. The van der Waals surface area contributed by atoms with Gasteiger partial charge in [-0.15, -0.1) is 0 Å². The number of ether oxygens (including phenoxy) is 1.